The maximum Gasteiger partial charge on any atom is 0.223 e. The number of hydrazone groups is 4. The Hall–Kier alpha value is -5.37. The van der Waals surface area contributed by atoms with Crippen molar-refractivity contribution in [2.24, 2.45) is 43.3 Å². The van der Waals surface area contributed by atoms with Crippen molar-refractivity contribution >= 4 is 114 Å². The van der Waals surface area contributed by atoms with Gasteiger partial charge in [0.15, 0.2) is 5.78 Å². The van der Waals surface area contributed by atoms with Crippen LogP contribution in [0.2, 0.25) is 0 Å². The van der Waals surface area contributed by atoms with Crippen molar-refractivity contribution in [3.63, 3.8) is 0 Å². The van der Waals surface area contributed by atoms with E-state index in [0.29, 0.717) is 50.8 Å². The van der Waals surface area contributed by atoms with Crippen LogP contribution in [-0.2, 0) is 0 Å². The van der Waals surface area contributed by atoms with Crippen molar-refractivity contribution < 1.29 is 4.79 Å². The Morgan fingerprint density at radius 3 is 1.06 bits per heavy atom. The molecule has 264 valence electrons. The van der Waals surface area contributed by atoms with Crippen molar-refractivity contribution in [1.82, 2.24) is 21.7 Å². The lowest BCUT2D eigenvalue weighted by molar-refractivity contribution is 0.101. The van der Waals surface area contributed by atoms with Crippen LogP contribution in [0.4, 0.5) is 11.4 Å². The molecule has 0 bridgehead atoms. The molecule has 19 nitrogen and oxygen atoms in total. The molecule has 0 saturated carbocycles. The van der Waals surface area contributed by atoms with E-state index in [9.17, 15) is 4.79 Å². The Morgan fingerprint density at radius 2 is 0.771 bits per heavy atom. The minimum absolute atomic E-state index is 0. The smallest absolute Gasteiger partial charge is 0.223 e. The summed E-state index contributed by atoms with van der Waals surface area (Å²) in [4.78, 5) is 12.3. The number of nitrogens with zero attached hydrogens (tertiary/aromatic N) is 4. The lowest BCUT2D eigenvalue weighted by Crippen LogP contribution is -2.31. The Morgan fingerprint density at radius 1 is 0.500 bits per heavy atom. The van der Waals surface area contributed by atoms with E-state index in [1.807, 2.05) is 0 Å². The van der Waals surface area contributed by atoms with Gasteiger partial charge in [-0.25, -0.2) is 21.7 Å². The van der Waals surface area contributed by atoms with Crippen LogP contribution >= 0.6 is 49.6 Å². The van der Waals surface area contributed by atoms with Crippen molar-refractivity contribution in [2.75, 3.05) is 10.6 Å². The molecule has 0 unspecified atom stereocenters. The van der Waals surface area contributed by atoms with Crippen LogP contribution in [0.15, 0.2) is 56.8 Å². The minimum Gasteiger partial charge on any atom is -0.369 e. The van der Waals surface area contributed by atoms with Crippen LogP contribution in [0.5, 0.6) is 0 Å². The van der Waals surface area contributed by atoms with Gasteiger partial charge in [-0.3, -0.25) is 26.4 Å². The Balaban J connectivity index is -0.00000506. The Labute approximate surface area is 301 Å². The number of nitrogens with two attached hydrogens (primary N) is 4. The monoisotopic (exact) mass is 748 g/mol. The van der Waals surface area contributed by atoms with Crippen molar-refractivity contribution in [3.8, 4) is 0 Å². The molecule has 2 aromatic rings. The van der Waals surface area contributed by atoms with E-state index in [1.54, 1.807) is 57.2 Å². The Kier molecular flexibility index (Phi) is 21.8. The largest absolute Gasteiger partial charge is 0.369 e. The number of ketones is 1. The van der Waals surface area contributed by atoms with E-state index < -0.39 is 5.96 Å². The second-order valence-electron chi connectivity index (χ2n) is 9.06. The molecule has 0 fully saturated rings. The maximum absolute atomic E-state index is 12.3. The van der Waals surface area contributed by atoms with Gasteiger partial charge in [0.05, 0.1) is 17.1 Å². The van der Waals surface area contributed by atoms with E-state index in [-0.39, 0.29) is 79.2 Å². The maximum atomic E-state index is 12.3. The number of benzene rings is 2. The molecule has 18 N–H and O–H groups in total. The zero-order chi connectivity index (χ0) is 33.0. The third-order valence-electron chi connectivity index (χ3n) is 5.37. The number of nitrogens with one attached hydrogen (secondary N) is 10. The predicted molar refractivity (Wildman–Crippen MR) is 203 cm³/mol. The Bertz CT molecular complexity index is 1550. The summed E-state index contributed by atoms with van der Waals surface area (Å²) in [7, 11) is 0. The van der Waals surface area contributed by atoms with Crippen LogP contribution in [0.1, 0.15) is 54.7 Å². The number of halogens is 4. The van der Waals surface area contributed by atoms with Crippen molar-refractivity contribution in [3.05, 3.63) is 58.7 Å². The van der Waals surface area contributed by atoms with Gasteiger partial charge < -0.3 is 33.6 Å². The third kappa shape index (κ3) is 16.3. The predicted octanol–water partition coefficient (Wildman–Crippen LogP) is 1.48. The highest BCUT2D eigenvalue weighted by Gasteiger charge is 2.12. The molecule has 0 aliphatic rings. The number of guanidine groups is 5. The van der Waals surface area contributed by atoms with Crippen LogP contribution in [0, 0.1) is 21.6 Å². The number of rotatable bonds is 10. The van der Waals surface area contributed by atoms with E-state index >= 15 is 0 Å². The fraction of sp³-hybridized carbons (Fsp3) is 0.160. The highest BCUT2D eigenvalue weighted by atomic mass is 35.5. The van der Waals surface area contributed by atoms with Gasteiger partial charge in [-0.2, -0.15) is 15.3 Å². The standard InChI is InChI=1S/C25H36N18O.4ClH/c1-11(36-39-21(26)27)15-5-16(12(2)37-40-22(28)29)8-19(7-15)34-25(43-42-24(32)33)35-20-9-17(6-18(10-20)14(4)44)13(3)38-41-23(30)31;;;;/h5-10H,1-4H3,(H4,26,27,39)(H4,28,29,40)(H4,30,31,41)(H4,32,33,42)(H2,34,35,43);4*1H. The van der Waals surface area contributed by atoms with Gasteiger partial charge in [0, 0.05) is 33.6 Å². The van der Waals surface area contributed by atoms with E-state index in [1.165, 1.54) is 6.92 Å². The minimum atomic E-state index is -0.437. The summed E-state index contributed by atoms with van der Waals surface area (Å²) in [6.45, 7) is 6.48. The number of carbonyl (C=O) groups excluding carboxylic acids is 1. The molecule has 0 radical (unpaired) electrons. The third-order valence-corrected chi connectivity index (χ3v) is 5.37. The topological polar surface area (TPSA) is 338 Å². The number of hydrogen-bond acceptors (Lipinski definition) is 9. The SMILES string of the molecule is CC(=O)c1cc(NC(=NNC(=N)N)Nc2cc(C(C)=NNC(=N)N)cc(C(C)=NNC(=N)N)c2)cc(C(C)=NNC(=N)N)c1.Cl.Cl.Cl.Cl. The first-order chi connectivity index (χ1) is 20.6. The summed E-state index contributed by atoms with van der Waals surface area (Å²) in [6, 6.07) is 10.1. The molecule has 0 spiro atoms. The molecule has 2 aromatic carbocycles. The van der Waals surface area contributed by atoms with Gasteiger partial charge >= 0.3 is 0 Å². The summed E-state index contributed by atoms with van der Waals surface area (Å²) in [5.41, 5.74) is 35.5. The number of anilines is 2. The van der Waals surface area contributed by atoms with Crippen molar-refractivity contribution in [1.29, 1.82) is 21.6 Å². The molecular weight excluding hydrogens is 710 g/mol. The lowest BCUT2D eigenvalue weighted by Gasteiger charge is -2.16. The van der Waals surface area contributed by atoms with Gasteiger partial charge in [-0.15, -0.1) is 54.7 Å². The highest BCUT2D eigenvalue weighted by Crippen LogP contribution is 2.20. The van der Waals surface area contributed by atoms with Gasteiger partial charge in [-0.1, -0.05) is 0 Å². The molecule has 0 aliphatic heterocycles. The average molecular weight is 751 g/mol. The summed E-state index contributed by atoms with van der Waals surface area (Å²) < 4.78 is 0. The van der Waals surface area contributed by atoms with Gasteiger partial charge in [0.1, 0.15) is 0 Å². The fourth-order valence-corrected chi connectivity index (χ4v) is 3.33. The van der Waals surface area contributed by atoms with Crippen LogP contribution < -0.4 is 55.3 Å². The molecule has 0 saturated heterocycles. The molecule has 0 aromatic heterocycles. The molecule has 0 aliphatic carbocycles. The molecule has 23 heteroatoms. The lowest BCUT2D eigenvalue weighted by atomic mass is 10.0. The van der Waals surface area contributed by atoms with E-state index in [4.69, 9.17) is 44.6 Å². The quantitative estimate of drug-likeness (QED) is 0.0713. The zero-order valence-electron chi connectivity index (χ0n) is 26.1. The molecular formula is C25H40Cl4N18O. The fourth-order valence-electron chi connectivity index (χ4n) is 3.33. The van der Waals surface area contributed by atoms with E-state index in [2.05, 4.69) is 52.7 Å². The first kappa shape index (κ1) is 47.0. The summed E-state index contributed by atoms with van der Waals surface area (Å²) >= 11 is 0. The van der Waals surface area contributed by atoms with Crippen molar-refractivity contribution in [2.45, 2.75) is 27.7 Å². The summed E-state index contributed by atoms with van der Waals surface area (Å²) in [5.74, 6) is -1.62. The molecule has 48 heavy (non-hydrogen) atoms. The van der Waals surface area contributed by atoms with Crippen LogP contribution in [0.3, 0.4) is 0 Å². The second-order valence-corrected chi connectivity index (χ2v) is 9.06. The normalized spacial score (nSPS) is 11.1. The first-order valence-electron chi connectivity index (χ1n) is 12.6. The highest BCUT2D eigenvalue weighted by molar-refractivity contribution is 6.10. The molecule has 0 amide bonds. The summed E-state index contributed by atoms with van der Waals surface area (Å²) in [5, 5.41) is 52.2. The van der Waals surface area contributed by atoms with Gasteiger partial charge in [0.2, 0.25) is 29.8 Å². The molecule has 0 heterocycles. The van der Waals surface area contributed by atoms with Gasteiger partial charge in [-0.05, 0) is 64.1 Å². The zero-order valence-corrected chi connectivity index (χ0v) is 29.4. The summed E-state index contributed by atoms with van der Waals surface area (Å²) in [6.07, 6.45) is 0. The number of Topliss-reactive ketones (excluding diaryl/α,β-unsaturated/α-hetero) is 1. The average Bonchev–Trinajstić information content (AvgIpc) is 2.95. The second kappa shape index (κ2) is 22.2. The van der Waals surface area contributed by atoms with Gasteiger partial charge in [0.25, 0.3) is 0 Å². The van der Waals surface area contributed by atoms with Crippen LogP contribution in [-0.4, -0.2) is 52.7 Å². The molecule has 2 rings (SSSR count). The van der Waals surface area contributed by atoms with E-state index in [0.717, 1.165) is 0 Å². The number of hydrogen-bond donors (Lipinski definition) is 14. The number of carbonyl (C=O) groups is 1. The first-order valence-corrected chi connectivity index (χ1v) is 12.6. The molecule has 0 atom stereocenters. The van der Waals surface area contributed by atoms with Crippen LogP contribution in [0.25, 0.3) is 0 Å².